The standard InChI is InChI=1S/C25H22O6/c1-10-7-12(26)18-21-16(10)13(29-4)8-11-17(21)22-19(23(18)27)14(30-5)9-15(31-6)20(22)24(28)25(11,2)3/h7-9,28H,1-6H3. The van der Waals surface area contributed by atoms with Crippen LogP contribution in [0.4, 0.5) is 0 Å². The molecular formula is C25H22O6. The highest BCUT2D eigenvalue weighted by Gasteiger charge is 2.37. The number of rotatable bonds is 3. The molecule has 6 nitrogen and oxygen atoms in total. The summed E-state index contributed by atoms with van der Waals surface area (Å²) < 4.78 is 16.8. The van der Waals surface area contributed by atoms with E-state index in [4.69, 9.17) is 14.2 Å². The zero-order valence-electron chi connectivity index (χ0n) is 18.2. The van der Waals surface area contributed by atoms with Gasteiger partial charge in [-0.1, -0.05) is 0 Å². The number of aliphatic hydroxyl groups is 1. The van der Waals surface area contributed by atoms with Crippen LogP contribution < -0.4 is 30.3 Å². The summed E-state index contributed by atoms with van der Waals surface area (Å²) in [7, 11) is 4.54. The van der Waals surface area contributed by atoms with Gasteiger partial charge in [-0.3, -0.25) is 9.59 Å². The molecule has 0 unspecified atom stereocenters. The lowest BCUT2D eigenvalue weighted by molar-refractivity contribution is 0.383. The number of hydrogen-bond donors (Lipinski definition) is 1. The van der Waals surface area contributed by atoms with E-state index in [-0.39, 0.29) is 21.8 Å². The summed E-state index contributed by atoms with van der Waals surface area (Å²) in [4.78, 5) is 26.8. The summed E-state index contributed by atoms with van der Waals surface area (Å²) in [5, 5.41) is 14.8. The number of benzene rings is 2. The number of ether oxygens (including phenoxy) is 3. The molecule has 0 aliphatic heterocycles. The van der Waals surface area contributed by atoms with Crippen molar-refractivity contribution in [3.63, 3.8) is 0 Å². The zero-order chi connectivity index (χ0) is 22.4. The molecule has 0 bridgehead atoms. The van der Waals surface area contributed by atoms with Gasteiger partial charge in [0.05, 0.1) is 37.2 Å². The molecule has 0 aromatic heterocycles. The number of aliphatic hydroxyl groups excluding tert-OH is 1. The second kappa shape index (κ2) is 6.00. The monoisotopic (exact) mass is 418 g/mol. The van der Waals surface area contributed by atoms with Gasteiger partial charge in [0, 0.05) is 27.5 Å². The molecule has 0 radical (unpaired) electrons. The molecule has 1 N–H and O–H groups in total. The van der Waals surface area contributed by atoms with Gasteiger partial charge in [0.25, 0.3) is 0 Å². The highest BCUT2D eigenvalue weighted by Crippen LogP contribution is 2.45. The van der Waals surface area contributed by atoms with E-state index in [1.54, 1.807) is 13.2 Å². The molecule has 5 rings (SSSR count). The minimum Gasteiger partial charge on any atom is -0.511 e. The third-order valence-corrected chi connectivity index (χ3v) is 6.65. The average Bonchev–Trinajstić information content (AvgIpc) is 2.74. The van der Waals surface area contributed by atoms with Gasteiger partial charge in [-0.25, -0.2) is 0 Å². The Morgan fingerprint density at radius 3 is 1.97 bits per heavy atom. The van der Waals surface area contributed by atoms with E-state index in [0.717, 1.165) is 21.9 Å². The summed E-state index contributed by atoms with van der Waals surface area (Å²) in [6, 6.07) is 4.96. The highest BCUT2D eigenvalue weighted by molar-refractivity contribution is 6.09. The molecule has 0 heterocycles. The molecule has 0 fully saturated rings. The Balaban J connectivity index is 2.39. The zero-order valence-corrected chi connectivity index (χ0v) is 18.2. The SMILES string of the molecule is COc1cc(OC)c2c(=O)c3c(=O)cc(C)c4c(OC)cc5c(c4=3)c2c1=C(O)C5(C)C. The summed E-state index contributed by atoms with van der Waals surface area (Å²) in [6.45, 7) is 5.63. The van der Waals surface area contributed by atoms with Crippen molar-refractivity contribution in [2.75, 3.05) is 21.3 Å². The van der Waals surface area contributed by atoms with Crippen molar-refractivity contribution < 1.29 is 19.3 Å². The molecule has 2 aromatic rings. The van der Waals surface area contributed by atoms with Crippen molar-refractivity contribution in [1.29, 1.82) is 0 Å². The fraction of sp³-hybridized carbons (Fsp3) is 0.280. The van der Waals surface area contributed by atoms with Crippen molar-refractivity contribution in [1.82, 2.24) is 0 Å². The summed E-state index contributed by atoms with van der Waals surface area (Å²) in [5.41, 5.74) is -0.0743. The summed E-state index contributed by atoms with van der Waals surface area (Å²) >= 11 is 0. The van der Waals surface area contributed by atoms with Crippen LogP contribution in [0.3, 0.4) is 0 Å². The van der Waals surface area contributed by atoms with Gasteiger partial charge in [0.1, 0.15) is 23.0 Å². The molecule has 0 saturated carbocycles. The average molecular weight is 418 g/mol. The maximum absolute atomic E-state index is 13.7. The second-order valence-corrected chi connectivity index (χ2v) is 8.53. The maximum Gasteiger partial charge on any atom is 0.201 e. The molecule has 158 valence electrons. The third kappa shape index (κ3) is 2.12. The van der Waals surface area contributed by atoms with Crippen LogP contribution in [-0.4, -0.2) is 26.4 Å². The Morgan fingerprint density at radius 1 is 0.742 bits per heavy atom. The topological polar surface area (TPSA) is 82.1 Å². The summed E-state index contributed by atoms with van der Waals surface area (Å²) in [6.07, 6.45) is 0. The number of aryl methyl sites for hydroxylation is 1. The first kappa shape index (κ1) is 19.4. The van der Waals surface area contributed by atoms with Gasteiger partial charge < -0.3 is 19.3 Å². The molecule has 3 aliphatic rings. The lowest BCUT2D eigenvalue weighted by atomic mass is 9.73. The van der Waals surface area contributed by atoms with Crippen molar-refractivity contribution >= 4 is 27.3 Å². The lowest BCUT2D eigenvalue weighted by Crippen LogP contribution is -2.33. The Bertz CT molecular complexity index is 1670. The van der Waals surface area contributed by atoms with Crippen LogP contribution in [0.5, 0.6) is 17.2 Å². The molecule has 0 amide bonds. The first-order valence-corrected chi connectivity index (χ1v) is 9.95. The Labute approximate surface area is 177 Å². The lowest BCUT2D eigenvalue weighted by Gasteiger charge is -2.32. The van der Waals surface area contributed by atoms with Crippen molar-refractivity contribution in [2.45, 2.75) is 26.2 Å². The van der Waals surface area contributed by atoms with Crippen LogP contribution in [0.2, 0.25) is 0 Å². The predicted molar refractivity (Wildman–Crippen MR) is 119 cm³/mol. The number of hydrogen-bond acceptors (Lipinski definition) is 6. The van der Waals surface area contributed by atoms with Gasteiger partial charge in [-0.05, 0) is 49.4 Å². The molecule has 0 atom stereocenters. The van der Waals surface area contributed by atoms with Crippen LogP contribution in [-0.2, 0) is 5.41 Å². The molecule has 2 aromatic carbocycles. The van der Waals surface area contributed by atoms with E-state index in [1.807, 2.05) is 26.8 Å². The van der Waals surface area contributed by atoms with E-state index < -0.39 is 10.8 Å². The second-order valence-electron chi connectivity index (χ2n) is 8.53. The number of methoxy groups -OCH3 is 3. The first-order chi connectivity index (χ1) is 14.7. The van der Waals surface area contributed by atoms with Gasteiger partial charge in [-0.15, -0.1) is 0 Å². The van der Waals surface area contributed by atoms with E-state index in [0.29, 0.717) is 33.1 Å². The van der Waals surface area contributed by atoms with Crippen molar-refractivity contribution in [2.24, 2.45) is 0 Å². The maximum atomic E-state index is 13.7. The normalized spacial score (nSPS) is 14.7. The van der Waals surface area contributed by atoms with Crippen molar-refractivity contribution in [3.8, 4) is 17.2 Å². The van der Waals surface area contributed by atoms with E-state index in [2.05, 4.69) is 0 Å². The van der Waals surface area contributed by atoms with Crippen molar-refractivity contribution in [3.05, 3.63) is 65.4 Å². The molecule has 3 aliphatic carbocycles. The molecule has 0 spiro atoms. The highest BCUT2D eigenvalue weighted by atomic mass is 16.5. The largest absolute Gasteiger partial charge is 0.511 e. The fourth-order valence-corrected chi connectivity index (χ4v) is 5.14. The smallest absolute Gasteiger partial charge is 0.201 e. The predicted octanol–water partition coefficient (Wildman–Crippen LogP) is 2.89. The molecular weight excluding hydrogens is 396 g/mol. The van der Waals surface area contributed by atoms with Crippen LogP contribution in [0.1, 0.15) is 25.0 Å². The minimum atomic E-state index is -0.812. The van der Waals surface area contributed by atoms with Gasteiger partial charge in [0.15, 0.2) is 5.43 Å². The first-order valence-electron chi connectivity index (χ1n) is 9.95. The third-order valence-electron chi connectivity index (χ3n) is 6.65. The van der Waals surface area contributed by atoms with Gasteiger partial charge in [0.2, 0.25) is 5.43 Å². The van der Waals surface area contributed by atoms with Gasteiger partial charge in [-0.2, -0.15) is 0 Å². The minimum absolute atomic E-state index is 0.0865. The van der Waals surface area contributed by atoms with Crippen LogP contribution in [0.15, 0.2) is 27.8 Å². The molecule has 31 heavy (non-hydrogen) atoms. The van der Waals surface area contributed by atoms with Crippen LogP contribution >= 0.6 is 0 Å². The van der Waals surface area contributed by atoms with Crippen LogP contribution in [0, 0.1) is 17.4 Å². The summed E-state index contributed by atoms with van der Waals surface area (Å²) in [5.74, 6) is 1.35. The fourth-order valence-electron chi connectivity index (χ4n) is 5.14. The van der Waals surface area contributed by atoms with Crippen LogP contribution in [0.25, 0.3) is 27.3 Å². The van der Waals surface area contributed by atoms with Gasteiger partial charge >= 0.3 is 0 Å². The van der Waals surface area contributed by atoms with E-state index in [9.17, 15) is 14.7 Å². The Morgan fingerprint density at radius 2 is 1.35 bits per heavy atom. The molecule has 6 heteroatoms. The Kier molecular flexibility index (Phi) is 3.76. The van der Waals surface area contributed by atoms with E-state index in [1.165, 1.54) is 20.3 Å². The molecule has 0 saturated heterocycles. The Hall–Kier alpha value is -3.54. The quantitative estimate of drug-likeness (QED) is 0.551. The van der Waals surface area contributed by atoms with E-state index >= 15 is 0 Å².